The molecule has 0 amide bonds. The summed E-state index contributed by atoms with van der Waals surface area (Å²) < 4.78 is 4.77. The molecule has 0 saturated heterocycles. The summed E-state index contributed by atoms with van der Waals surface area (Å²) in [5.74, 6) is -0.214. The van der Waals surface area contributed by atoms with Crippen LogP contribution in [0.1, 0.15) is 33.6 Å². The van der Waals surface area contributed by atoms with Crippen LogP contribution in [0.2, 0.25) is 0 Å². The third kappa shape index (κ3) is 1.46. The second-order valence-electron chi connectivity index (χ2n) is 4.77. The predicted molar refractivity (Wildman–Crippen MR) is 49.1 cm³/mol. The van der Waals surface area contributed by atoms with Crippen molar-refractivity contribution in [1.82, 2.24) is 0 Å². The van der Waals surface area contributed by atoms with Crippen LogP contribution < -0.4 is 0 Å². The minimum Gasteiger partial charge on any atom is -0.469 e. The highest BCUT2D eigenvalue weighted by Gasteiger charge is 2.54. The highest BCUT2D eigenvalue weighted by Crippen LogP contribution is 2.52. The van der Waals surface area contributed by atoms with E-state index in [-0.39, 0.29) is 17.5 Å². The first-order valence-corrected chi connectivity index (χ1v) is 4.60. The second-order valence-corrected chi connectivity index (χ2v) is 4.77. The Balaban J connectivity index is 2.95. The van der Waals surface area contributed by atoms with Crippen molar-refractivity contribution in [3.8, 4) is 0 Å². The Bertz CT molecular complexity index is 222. The third-order valence-corrected chi connectivity index (χ3v) is 3.52. The molecule has 1 rings (SSSR count). The molecule has 0 unspecified atom stereocenters. The van der Waals surface area contributed by atoms with E-state index in [0.29, 0.717) is 12.8 Å². The number of aliphatic hydroxyl groups excluding tert-OH is 1. The van der Waals surface area contributed by atoms with Gasteiger partial charge in [0, 0.05) is 0 Å². The van der Waals surface area contributed by atoms with Gasteiger partial charge in [0.1, 0.15) is 0 Å². The van der Waals surface area contributed by atoms with E-state index in [1.54, 1.807) is 0 Å². The van der Waals surface area contributed by atoms with Crippen LogP contribution in [0.3, 0.4) is 0 Å². The fourth-order valence-corrected chi connectivity index (χ4v) is 2.22. The summed E-state index contributed by atoms with van der Waals surface area (Å²) >= 11 is 0. The Hall–Kier alpha value is -0.570. The van der Waals surface area contributed by atoms with Gasteiger partial charge in [0.2, 0.25) is 0 Å². The van der Waals surface area contributed by atoms with Crippen LogP contribution in [-0.2, 0) is 9.53 Å². The molecule has 0 radical (unpaired) electrons. The fourth-order valence-electron chi connectivity index (χ4n) is 2.22. The first-order chi connectivity index (χ1) is 5.83. The summed E-state index contributed by atoms with van der Waals surface area (Å²) in [6, 6.07) is 0. The number of hydrogen-bond donors (Lipinski definition) is 1. The van der Waals surface area contributed by atoms with Crippen molar-refractivity contribution >= 4 is 5.97 Å². The van der Waals surface area contributed by atoms with E-state index < -0.39 is 5.41 Å². The Labute approximate surface area is 79.1 Å². The van der Waals surface area contributed by atoms with Gasteiger partial charge >= 0.3 is 5.97 Å². The van der Waals surface area contributed by atoms with Crippen molar-refractivity contribution in [3.63, 3.8) is 0 Å². The summed E-state index contributed by atoms with van der Waals surface area (Å²) in [5.41, 5.74) is -0.722. The van der Waals surface area contributed by atoms with Gasteiger partial charge < -0.3 is 9.84 Å². The summed E-state index contributed by atoms with van der Waals surface area (Å²) in [6.45, 7) is 5.87. The molecule has 1 aliphatic rings. The normalized spacial score (nSPS) is 37.5. The Morgan fingerprint density at radius 1 is 1.38 bits per heavy atom. The third-order valence-electron chi connectivity index (χ3n) is 3.52. The van der Waals surface area contributed by atoms with Gasteiger partial charge in [0.05, 0.1) is 18.6 Å². The summed E-state index contributed by atoms with van der Waals surface area (Å²) in [5, 5.41) is 9.54. The largest absolute Gasteiger partial charge is 0.469 e. The monoisotopic (exact) mass is 186 g/mol. The highest BCUT2D eigenvalue weighted by molar-refractivity contribution is 5.77. The molecule has 0 spiro atoms. The van der Waals surface area contributed by atoms with E-state index in [2.05, 4.69) is 0 Å². The molecular weight excluding hydrogens is 168 g/mol. The topological polar surface area (TPSA) is 46.5 Å². The maximum absolute atomic E-state index is 11.6. The summed E-state index contributed by atoms with van der Waals surface area (Å²) in [4.78, 5) is 11.6. The van der Waals surface area contributed by atoms with E-state index in [1.165, 1.54) is 7.11 Å². The molecule has 76 valence electrons. The lowest BCUT2D eigenvalue weighted by atomic mass is 9.69. The van der Waals surface area contributed by atoms with Crippen molar-refractivity contribution in [2.75, 3.05) is 7.11 Å². The number of ether oxygens (including phenoxy) is 1. The van der Waals surface area contributed by atoms with Gasteiger partial charge in [0.15, 0.2) is 0 Å². The smallest absolute Gasteiger partial charge is 0.312 e. The Kier molecular flexibility index (Phi) is 2.41. The minimum absolute atomic E-state index is 0.181. The molecule has 2 atom stereocenters. The molecule has 0 aromatic rings. The van der Waals surface area contributed by atoms with Crippen LogP contribution in [0.4, 0.5) is 0 Å². The molecule has 13 heavy (non-hydrogen) atoms. The summed E-state index contributed by atoms with van der Waals surface area (Å²) in [7, 11) is 1.40. The predicted octanol–water partition coefficient (Wildman–Crippen LogP) is 1.35. The van der Waals surface area contributed by atoms with Crippen LogP contribution in [0.15, 0.2) is 0 Å². The standard InChI is InChI=1S/C10H18O3/c1-9(2)5-7(11)6-10(9,3)8(12)13-4/h7,11H,5-6H2,1-4H3/t7-,10-/m1/s1. The van der Waals surface area contributed by atoms with E-state index in [0.717, 1.165) is 0 Å². The molecule has 0 aliphatic heterocycles. The lowest BCUT2D eigenvalue weighted by Crippen LogP contribution is -2.38. The molecule has 1 saturated carbocycles. The van der Waals surface area contributed by atoms with Crippen LogP contribution in [0.5, 0.6) is 0 Å². The maximum atomic E-state index is 11.6. The van der Waals surface area contributed by atoms with Crippen molar-refractivity contribution in [3.05, 3.63) is 0 Å². The molecule has 1 N–H and O–H groups in total. The van der Waals surface area contributed by atoms with E-state index in [4.69, 9.17) is 4.74 Å². The average molecular weight is 186 g/mol. The van der Waals surface area contributed by atoms with Gasteiger partial charge in [-0.3, -0.25) is 4.79 Å². The molecule has 3 heteroatoms. The first kappa shape index (κ1) is 10.5. The molecule has 0 heterocycles. The molecule has 1 aliphatic carbocycles. The number of rotatable bonds is 1. The van der Waals surface area contributed by atoms with Gasteiger partial charge in [-0.1, -0.05) is 13.8 Å². The van der Waals surface area contributed by atoms with Gasteiger partial charge in [-0.05, 0) is 25.2 Å². The number of carbonyl (C=O) groups excluding carboxylic acids is 1. The lowest BCUT2D eigenvalue weighted by molar-refractivity contribution is -0.157. The fraction of sp³-hybridized carbons (Fsp3) is 0.900. The second kappa shape index (κ2) is 2.98. The summed E-state index contributed by atoms with van der Waals surface area (Å²) in [6.07, 6.45) is 0.796. The number of esters is 1. The SMILES string of the molecule is COC(=O)[C@@]1(C)C[C@H](O)CC1(C)C. The van der Waals surface area contributed by atoms with Crippen LogP contribution in [0.25, 0.3) is 0 Å². The van der Waals surface area contributed by atoms with E-state index >= 15 is 0 Å². The molecule has 0 aromatic heterocycles. The van der Waals surface area contributed by atoms with Crippen LogP contribution in [0, 0.1) is 10.8 Å². The quantitative estimate of drug-likeness (QED) is 0.629. The first-order valence-electron chi connectivity index (χ1n) is 4.60. The van der Waals surface area contributed by atoms with Crippen LogP contribution >= 0.6 is 0 Å². The van der Waals surface area contributed by atoms with Crippen molar-refractivity contribution in [1.29, 1.82) is 0 Å². The number of methoxy groups -OCH3 is 1. The number of carbonyl (C=O) groups is 1. The van der Waals surface area contributed by atoms with Crippen LogP contribution in [-0.4, -0.2) is 24.3 Å². The molecule has 0 aromatic carbocycles. The van der Waals surface area contributed by atoms with E-state index in [1.807, 2.05) is 20.8 Å². The molecule has 1 fully saturated rings. The zero-order chi connectivity index (χ0) is 10.3. The zero-order valence-electron chi connectivity index (χ0n) is 8.76. The van der Waals surface area contributed by atoms with Crippen molar-refractivity contribution in [2.24, 2.45) is 10.8 Å². The van der Waals surface area contributed by atoms with Gasteiger partial charge in [-0.25, -0.2) is 0 Å². The molecule has 0 bridgehead atoms. The van der Waals surface area contributed by atoms with Crippen molar-refractivity contribution in [2.45, 2.75) is 39.7 Å². The minimum atomic E-state index is -0.541. The van der Waals surface area contributed by atoms with Crippen molar-refractivity contribution < 1.29 is 14.6 Å². The Morgan fingerprint density at radius 2 is 1.92 bits per heavy atom. The number of hydrogen-bond acceptors (Lipinski definition) is 3. The van der Waals surface area contributed by atoms with E-state index in [9.17, 15) is 9.90 Å². The lowest BCUT2D eigenvalue weighted by Gasteiger charge is -2.34. The van der Waals surface area contributed by atoms with Gasteiger partial charge in [0.25, 0.3) is 0 Å². The average Bonchev–Trinajstić information content (AvgIpc) is 2.20. The highest BCUT2D eigenvalue weighted by atomic mass is 16.5. The maximum Gasteiger partial charge on any atom is 0.312 e. The molecular formula is C10H18O3. The number of aliphatic hydroxyl groups is 1. The molecule has 3 nitrogen and oxygen atoms in total. The zero-order valence-corrected chi connectivity index (χ0v) is 8.76. The Morgan fingerprint density at radius 3 is 2.23 bits per heavy atom. The van der Waals surface area contributed by atoms with Gasteiger partial charge in [-0.15, -0.1) is 0 Å². The van der Waals surface area contributed by atoms with Gasteiger partial charge in [-0.2, -0.15) is 0 Å².